The Bertz CT molecular complexity index is 860. The van der Waals surface area contributed by atoms with Crippen LogP contribution in [0.3, 0.4) is 0 Å². The molecule has 2 N–H and O–H groups in total. The van der Waals surface area contributed by atoms with E-state index in [9.17, 15) is 9.59 Å². The van der Waals surface area contributed by atoms with E-state index in [0.29, 0.717) is 10.4 Å². The van der Waals surface area contributed by atoms with Gasteiger partial charge in [-0.3, -0.25) is 20.4 Å². The van der Waals surface area contributed by atoms with Gasteiger partial charge in [0.15, 0.2) is 0 Å². The quantitative estimate of drug-likeness (QED) is 0.671. The Morgan fingerprint density at radius 1 is 0.864 bits per heavy atom. The number of carbonyl (C=O) groups is 2. The van der Waals surface area contributed by atoms with E-state index < -0.39 is 0 Å². The Hall–Kier alpha value is -2.18. The van der Waals surface area contributed by atoms with Crippen LogP contribution >= 0.6 is 27.3 Å². The number of hydrogen-bond donors (Lipinski definition) is 2. The van der Waals surface area contributed by atoms with Crippen LogP contribution in [0.2, 0.25) is 0 Å². The molecule has 0 aliphatic carbocycles. The van der Waals surface area contributed by atoms with Crippen LogP contribution in [0.5, 0.6) is 0 Å². The number of carbonyl (C=O) groups excluding carboxylic acids is 2. The van der Waals surface area contributed by atoms with Crippen molar-refractivity contribution in [2.24, 2.45) is 0 Å². The average Bonchev–Trinajstić information content (AvgIpc) is 2.98. The molecule has 0 bridgehead atoms. The molecule has 110 valence electrons. The van der Waals surface area contributed by atoms with E-state index in [0.717, 1.165) is 14.6 Å². The molecule has 3 rings (SSSR count). The molecule has 2 amide bonds. The summed E-state index contributed by atoms with van der Waals surface area (Å²) in [6.45, 7) is 0. The summed E-state index contributed by atoms with van der Waals surface area (Å²) in [7, 11) is 0. The highest BCUT2D eigenvalue weighted by molar-refractivity contribution is 9.11. The molecule has 0 aliphatic heterocycles. The summed E-state index contributed by atoms with van der Waals surface area (Å²) in [5, 5.41) is 2.04. The molecule has 0 spiro atoms. The molecule has 0 saturated heterocycles. The van der Waals surface area contributed by atoms with Crippen molar-refractivity contribution >= 4 is 49.9 Å². The molecule has 0 saturated carbocycles. The first-order valence-corrected chi connectivity index (χ1v) is 8.09. The molecule has 0 fully saturated rings. The van der Waals surface area contributed by atoms with Crippen LogP contribution in [0.1, 0.15) is 20.0 Å². The summed E-state index contributed by atoms with van der Waals surface area (Å²) in [6, 6.07) is 16.6. The second-order valence-electron chi connectivity index (χ2n) is 4.57. The van der Waals surface area contributed by atoms with Gasteiger partial charge >= 0.3 is 0 Å². The zero-order chi connectivity index (χ0) is 15.5. The van der Waals surface area contributed by atoms with Gasteiger partial charge in [-0.15, -0.1) is 11.3 Å². The Morgan fingerprint density at radius 3 is 2.32 bits per heavy atom. The molecule has 4 nitrogen and oxygen atoms in total. The second-order valence-corrected chi connectivity index (χ2v) is 7.04. The fraction of sp³-hybridized carbons (Fsp3) is 0. The number of fused-ring (bicyclic) bond motifs is 1. The lowest BCUT2D eigenvalue weighted by molar-refractivity contribution is 0.0849. The van der Waals surface area contributed by atoms with E-state index in [-0.39, 0.29) is 11.8 Å². The van der Waals surface area contributed by atoms with Gasteiger partial charge in [0, 0.05) is 5.56 Å². The molecule has 6 heteroatoms. The summed E-state index contributed by atoms with van der Waals surface area (Å²) in [5.41, 5.74) is 5.33. The second kappa shape index (κ2) is 6.29. The van der Waals surface area contributed by atoms with Crippen LogP contribution in [0.15, 0.2) is 58.4 Å². The van der Waals surface area contributed by atoms with Crippen LogP contribution in [0, 0.1) is 0 Å². The highest BCUT2D eigenvalue weighted by Gasteiger charge is 2.11. The maximum absolute atomic E-state index is 12.1. The van der Waals surface area contributed by atoms with Gasteiger partial charge in [-0.05, 0) is 51.0 Å². The van der Waals surface area contributed by atoms with Crippen LogP contribution in [0.4, 0.5) is 0 Å². The highest BCUT2D eigenvalue weighted by Crippen LogP contribution is 2.21. The van der Waals surface area contributed by atoms with Crippen molar-refractivity contribution < 1.29 is 9.59 Å². The van der Waals surface area contributed by atoms with E-state index in [1.807, 2.05) is 30.3 Å². The van der Waals surface area contributed by atoms with Crippen molar-refractivity contribution in [1.82, 2.24) is 10.9 Å². The standard InChI is InChI=1S/C16H11BrN2O2S/c17-14-8-7-13(22-14)16(21)19-18-15(20)12-6-5-10-3-1-2-4-11(10)9-12/h1-9H,(H,18,20)(H,19,21). The summed E-state index contributed by atoms with van der Waals surface area (Å²) in [5.74, 6) is -0.695. The van der Waals surface area contributed by atoms with Crippen molar-refractivity contribution in [2.45, 2.75) is 0 Å². The minimum absolute atomic E-state index is 0.343. The Morgan fingerprint density at radius 2 is 1.59 bits per heavy atom. The van der Waals surface area contributed by atoms with Gasteiger partial charge in [-0.25, -0.2) is 0 Å². The molecular formula is C16H11BrN2O2S. The lowest BCUT2D eigenvalue weighted by Crippen LogP contribution is -2.41. The van der Waals surface area contributed by atoms with E-state index >= 15 is 0 Å². The molecule has 1 aromatic heterocycles. The summed E-state index contributed by atoms with van der Waals surface area (Å²) >= 11 is 4.59. The Kier molecular flexibility index (Phi) is 4.22. The van der Waals surface area contributed by atoms with E-state index in [1.54, 1.807) is 24.3 Å². The molecule has 3 aromatic rings. The third-order valence-corrected chi connectivity index (χ3v) is 4.72. The number of thiophene rings is 1. The SMILES string of the molecule is O=C(NNC(=O)c1ccc(Br)s1)c1ccc2ccccc2c1. The molecule has 0 atom stereocenters. The third kappa shape index (κ3) is 3.18. The maximum Gasteiger partial charge on any atom is 0.279 e. The third-order valence-electron chi connectivity index (χ3n) is 3.10. The molecule has 0 unspecified atom stereocenters. The van der Waals surface area contributed by atoms with Crippen LogP contribution in [-0.4, -0.2) is 11.8 Å². The van der Waals surface area contributed by atoms with Crippen LogP contribution in [-0.2, 0) is 0 Å². The van der Waals surface area contributed by atoms with Crippen molar-refractivity contribution in [3.63, 3.8) is 0 Å². The van der Waals surface area contributed by atoms with E-state index in [2.05, 4.69) is 26.8 Å². The monoisotopic (exact) mass is 374 g/mol. The van der Waals surface area contributed by atoms with Crippen molar-refractivity contribution in [3.05, 3.63) is 68.8 Å². The van der Waals surface area contributed by atoms with Crippen molar-refractivity contribution in [1.29, 1.82) is 0 Å². The van der Waals surface area contributed by atoms with Crippen molar-refractivity contribution in [2.75, 3.05) is 0 Å². The van der Waals surface area contributed by atoms with E-state index in [1.165, 1.54) is 11.3 Å². The fourth-order valence-electron chi connectivity index (χ4n) is 2.01. The zero-order valence-electron chi connectivity index (χ0n) is 11.3. The van der Waals surface area contributed by atoms with Gasteiger partial charge in [0.1, 0.15) is 0 Å². The average molecular weight is 375 g/mol. The molecule has 22 heavy (non-hydrogen) atoms. The van der Waals surface area contributed by atoms with Gasteiger partial charge < -0.3 is 0 Å². The first-order chi connectivity index (χ1) is 10.6. The minimum atomic E-state index is -0.352. The first-order valence-electron chi connectivity index (χ1n) is 6.48. The fourth-order valence-corrected chi connectivity index (χ4v) is 3.30. The molecule has 2 aromatic carbocycles. The summed E-state index contributed by atoms with van der Waals surface area (Å²) in [4.78, 5) is 24.5. The van der Waals surface area contributed by atoms with Crippen molar-refractivity contribution in [3.8, 4) is 0 Å². The largest absolute Gasteiger partial charge is 0.279 e. The number of benzene rings is 2. The number of rotatable bonds is 2. The van der Waals surface area contributed by atoms with Gasteiger partial charge in [0.05, 0.1) is 8.66 Å². The number of hydrogen-bond acceptors (Lipinski definition) is 3. The molecule has 1 heterocycles. The predicted octanol–water partition coefficient (Wildman–Crippen LogP) is 3.74. The van der Waals surface area contributed by atoms with Gasteiger partial charge in [0.25, 0.3) is 11.8 Å². The van der Waals surface area contributed by atoms with Crippen LogP contribution in [0.25, 0.3) is 10.8 Å². The first kappa shape index (κ1) is 14.7. The topological polar surface area (TPSA) is 58.2 Å². The van der Waals surface area contributed by atoms with Gasteiger partial charge in [-0.1, -0.05) is 30.3 Å². The normalized spacial score (nSPS) is 10.4. The smallest absolute Gasteiger partial charge is 0.267 e. The molecule has 0 aliphatic rings. The lowest BCUT2D eigenvalue weighted by atomic mass is 10.1. The molecule has 0 radical (unpaired) electrons. The molecular weight excluding hydrogens is 364 g/mol. The zero-order valence-corrected chi connectivity index (χ0v) is 13.7. The maximum atomic E-state index is 12.1. The summed E-state index contributed by atoms with van der Waals surface area (Å²) in [6.07, 6.45) is 0. The van der Waals surface area contributed by atoms with E-state index in [4.69, 9.17) is 0 Å². The number of amides is 2. The Labute approximate surface area is 139 Å². The van der Waals surface area contributed by atoms with Crippen LogP contribution < -0.4 is 10.9 Å². The minimum Gasteiger partial charge on any atom is -0.267 e. The summed E-state index contributed by atoms with van der Waals surface area (Å²) < 4.78 is 0.860. The predicted molar refractivity (Wildman–Crippen MR) is 90.9 cm³/mol. The highest BCUT2D eigenvalue weighted by atomic mass is 79.9. The number of nitrogens with one attached hydrogen (secondary N) is 2. The Balaban J connectivity index is 1.69. The number of hydrazine groups is 1. The van der Waals surface area contributed by atoms with Gasteiger partial charge in [-0.2, -0.15) is 0 Å². The number of halogens is 1. The lowest BCUT2D eigenvalue weighted by Gasteiger charge is -2.07. The van der Waals surface area contributed by atoms with Gasteiger partial charge in [0.2, 0.25) is 0 Å².